The molecule has 0 aromatic heterocycles. The Hall–Kier alpha value is -2.20. The number of benzene rings is 2. The minimum Gasteiger partial charge on any atom is -0.491 e. The van der Waals surface area contributed by atoms with Crippen molar-refractivity contribution >= 4 is 0 Å². The largest absolute Gasteiger partial charge is 0.491 e. The molecule has 0 fully saturated rings. The van der Waals surface area contributed by atoms with Gasteiger partial charge in [0, 0.05) is 31.8 Å². The summed E-state index contributed by atoms with van der Waals surface area (Å²) in [5.41, 5.74) is 12.8. The summed E-state index contributed by atoms with van der Waals surface area (Å²) in [5.74, 6) is 1.41. The van der Waals surface area contributed by atoms with Crippen LogP contribution in [0, 0.1) is 0 Å². The van der Waals surface area contributed by atoms with Crippen LogP contribution in [-0.4, -0.2) is 62.1 Å². The molecule has 0 aliphatic rings. The zero-order valence-electron chi connectivity index (χ0n) is 18.4. The van der Waals surface area contributed by atoms with Gasteiger partial charge in [-0.3, -0.25) is 0 Å². The highest BCUT2D eigenvalue weighted by molar-refractivity contribution is 5.41. The van der Waals surface area contributed by atoms with Gasteiger partial charge >= 0.3 is 0 Å². The van der Waals surface area contributed by atoms with Gasteiger partial charge in [0.25, 0.3) is 0 Å². The summed E-state index contributed by atoms with van der Waals surface area (Å²) in [7, 11) is 0. The smallest absolute Gasteiger partial charge is 0.119 e. The number of hydrogen-bond donors (Lipinski definition) is 6. The first kappa shape index (κ1) is 25.1. The average molecular weight is 433 g/mol. The summed E-state index contributed by atoms with van der Waals surface area (Å²) in [6.45, 7) is 6.15. The lowest BCUT2D eigenvalue weighted by molar-refractivity contribution is 0.106. The molecule has 0 aliphatic carbocycles. The third kappa shape index (κ3) is 8.10. The van der Waals surface area contributed by atoms with Crippen LogP contribution in [0.3, 0.4) is 0 Å². The molecule has 0 amide bonds. The lowest BCUT2D eigenvalue weighted by Gasteiger charge is -2.26. The van der Waals surface area contributed by atoms with Crippen LogP contribution in [0.5, 0.6) is 11.5 Å². The highest BCUT2D eigenvalue weighted by atomic mass is 16.5. The molecule has 0 spiro atoms. The predicted molar refractivity (Wildman–Crippen MR) is 122 cm³/mol. The molecule has 8 heteroatoms. The van der Waals surface area contributed by atoms with Gasteiger partial charge in [-0.15, -0.1) is 0 Å². The van der Waals surface area contributed by atoms with Gasteiger partial charge in [-0.2, -0.15) is 0 Å². The average Bonchev–Trinajstić information content (AvgIpc) is 2.79. The van der Waals surface area contributed by atoms with E-state index in [0.717, 1.165) is 11.1 Å². The Labute approximate surface area is 184 Å². The molecule has 2 aromatic carbocycles. The highest BCUT2D eigenvalue weighted by Gasteiger charge is 2.23. The van der Waals surface area contributed by atoms with Gasteiger partial charge < -0.3 is 41.8 Å². The first-order valence-electron chi connectivity index (χ1n) is 10.5. The van der Waals surface area contributed by atoms with E-state index in [0.29, 0.717) is 37.9 Å². The molecule has 0 bridgehead atoms. The van der Waals surface area contributed by atoms with Gasteiger partial charge in [-0.25, -0.2) is 0 Å². The van der Waals surface area contributed by atoms with E-state index in [2.05, 4.69) is 24.5 Å². The summed E-state index contributed by atoms with van der Waals surface area (Å²) in [6.07, 6.45) is -1.23. The molecular formula is C23H36N4O4. The van der Waals surface area contributed by atoms with Crippen LogP contribution >= 0.6 is 0 Å². The second-order valence-electron chi connectivity index (χ2n) is 7.92. The Morgan fingerprint density at radius 1 is 0.742 bits per heavy atom. The zero-order chi connectivity index (χ0) is 22.7. The predicted octanol–water partition coefficient (Wildman–Crippen LogP) is 0.504. The quantitative estimate of drug-likeness (QED) is 0.238. The van der Waals surface area contributed by atoms with Crippen LogP contribution in [0.4, 0.5) is 0 Å². The third-order valence-corrected chi connectivity index (χ3v) is 5.09. The maximum atomic E-state index is 9.83. The minimum atomic E-state index is -0.613. The van der Waals surface area contributed by atoms with Crippen molar-refractivity contribution in [1.82, 2.24) is 10.6 Å². The summed E-state index contributed by atoms with van der Waals surface area (Å²) in [4.78, 5) is 0. The van der Waals surface area contributed by atoms with Crippen LogP contribution in [0.25, 0.3) is 0 Å². The van der Waals surface area contributed by atoms with Gasteiger partial charge in [-0.05, 0) is 35.4 Å². The first-order chi connectivity index (χ1) is 14.9. The molecule has 2 unspecified atom stereocenters. The lowest BCUT2D eigenvalue weighted by Crippen LogP contribution is -2.34. The van der Waals surface area contributed by atoms with E-state index in [1.165, 1.54) is 0 Å². The topological polar surface area (TPSA) is 135 Å². The Morgan fingerprint density at radius 3 is 1.42 bits per heavy atom. The van der Waals surface area contributed by atoms with Crippen molar-refractivity contribution in [2.75, 3.05) is 39.6 Å². The molecule has 0 saturated heterocycles. The first-order valence-corrected chi connectivity index (χ1v) is 10.5. The maximum Gasteiger partial charge on any atom is 0.119 e. The standard InChI is InChI=1S/C23H36N4O4/c1-23(2,17-3-7-21(8-4-17)30-13-19(28)11-26-15-24)18-5-9-22(10-6-18)31-14-20(29)12-27-16-25/h3-10,19-20,26-29H,11-16,24-25H2,1-2H3. The molecule has 31 heavy (non-hydrogen) atoms. The van der Waals surface area contributed by atoms with Crippen molar-refractivity contribution in [3.05, 3.63) is 59.7 Å². The molecule has 8 N–H and O–H groups in total. The van der Waals surface area contributed by atoms with E-state index in [1.807, 2.05) is 48.5 Å². The number of aliphatic hydroxyl groups excluding tert-OH is 2. The summed E-state index contributed by atoms with van der Waals surface area (Å²) in [5, 5.41) is 25.4. The maximum absolute atomic E-state index is 9.83. The Bertz CT molecular complexity index is 690. The molecule has 0 radical (unpaired) electrons. The van der Waals surface area contributed by atoms with Crippen molar-refractivity contribution < 1.29 is 19.7 Å². The Balaban J connectivity index is 1.93. The van der Waals surface area contributed by atoms with Gasteiger partial charge in [0.2, 0.25) is 0 Å². The van der Waals surface area contributed by atoms with Crippen molar-refractivity contribution in [2.45, 2.75) is 31.5 Å². The number of aliphatic hydroxyl groups is 2. The Kier molecular flexibility index (Phi) is 10.2. The van der Waals surface area contributed by atoms with Gasteiger partial charge in [0.1, 0.15) is 36.9 Å². The van der Waals surface area contributed by atoms with Gasteiger partial charge in [0.05, 0.1) is 0 Å². The second kappa shape index (κ2) is 12.6. The van der Waals surface area contributed by atoms with Crippen LogP contribution in [0.1, 0.15) is 25.0 Å². The van der Waals surface area contributed by atoms with E-state index < -0.39 is 12.2 Å². The van der Waals surface area contributed by atoms with E-state index in [1.54, 1.807) is 0 Å². The van der Waals surface area contributed by atoms with Crippen LogP contribution in [0.15, 0.2) is 48.5 Å². The molecular weight excluding hydrogens is 396 g/mol. The monoisotopic (exact) mass is 432 g/mol. The van der Waals surface area contributed by atoms with Crippen LogP contribution < -0.4 is 31.6 Å². The number of rotatable bonds is 14. The summed E-state index contributed by atoms with van der Waals surface area (Å²) in [6, 6.07) is 15.8. The van der Waals surface area contributed by atoms with Crippen molar-refractivity contribution in [3.8, 4) is 11.5 Å². The van der Waals surface area contributed by atoms with E-state index in [-0.39, 0.29) is 18.6 Å². The lowest BCUT2D eigenvalue weighted by atomic mass is 9.78. The van der Waals surface area contributed by atoms with Crippen molar-refractivity contribution in [2.24, 2.45) is 11.5 Å². The SMILES string of the molecule is CC(C)(c1ccc(OCC(O)CNCN)cc1)c1ccc(OCC(O)CNCN)cc1. The Morgan fingerprint density at radius 2 is 1.10 bits per heavy atom. The fraction of sp³-hybridized carbons (Fsp3) is 0.478. The highest BCUT2D eigenvalue weighted by Crippen LogP contribution is 2.33. The number of ether oxygens (including phenoxy) is 2. The fourth-order valence-electron chi connectivity index (χ4n) is 3.10. The zero-order valence-corrected chi connectivity index (χ0v) is 18.4. The van der Waals surface area contributed by atoms with E-state index >= 15 is 0 Å². The minimum absolute atomic E-state index is 0.203. The molecule has 8 nitrogen and oxygen atoms in total. The van der Waals surface area contributed by atoms with Gasteiger partial charge in [-0.1, -0.05) is 38.1 Å². The number of hydrogen-bond acceptors (Lipinski definition) is 8. The molecule has 172 valence electrons. The number of nitrogens with two attached hydrogens (primary N) is 2. The molecule has 0 saturated carbocycles. The van der Waals surface area contributed by atoms with Crippen LogP contribution in [0.2, 0.25) is 0 Å². The van der Waals surface area contributed by atoms with Gasteiger partial charge in [0.15, 0.2) is 0 Å². The third-order valence-electron chi connectivity index (χ3n) is 5.09. The van der Waals surface area contributed by atoms with E-state index in [9.17, 15) is 10.2 Å². The molecule has 0 aliphatic heterocycles. The van der Waals surface area contributed by atoms with E-state index in [4.69, 9.17) is 20.9 Å². The summed E-state index contributed by atoms with van der Waals surface area (Å²) >= 11 is 0. The molecule has 0 heterocycles. The summed E-state index contributed by atoms with van der Waals surface area (Å²) < 4.78 is 11.3. The normalized spacial score (nSPS) is 13.6. The van der Waals surface area contributed by atoms with Crippen molar-refractivity contribution in [3.63, 3.8) is 0 Å². The second-order valence-corrected chi connectivity index (χ2v) is 7.92. The molecule has 2 rings (SSSR count). The fourth-order valence-corrected chi connectivity index (χ4v) is 3.10. The molecule has 2 atom stereocenters. The van der Waals surface area contributed by atoms with Crippen molar-refractivity contribution in [1.29, 1.82) is 0 Å². The van der Waals surface area contributed by atoms with Crippen LogP contribution in [-0.2, 0) is 5.41 Å². The number of nitrogens with one attached hydrogen (secondary N) is 2. The molecule has 2 aromatic rings.